The molecule has 2 saturated heterocycles. The molecule has 0 bridgehead atoms. The first-order valence-corrected chi connectivity index (χ1v) is 4.19. The van der Waals surface area contributed by atoms with Crippen LogP contribution in [0.25, 0.3) is 0 Å². The van der Waals surface area contributed by atoms with Crippen LogP contribution in [-0.2, 0) is 4.74 Å². The summed E-state index contributed by atoms with van der Waals surface area (Å²) in [5.41, 5.74) is 0.448. The highest BCUT2D eigenvalue weighted by Crippen LogP contribution is 2.35. The summed E-state index contributed by atoms with van der Waals surface area (Å²) >= 11 is 0. The molecule has 3 nitrogen and oxygen atoms in total. The van der Waals surface area contributed by atoms with Gasteiger partial charge in [-0.1, -0.05) is 0 Å². The molecule has 2 fully saturated rings. The van der Waals surface area contributed by atoms with Gasteiger partial charge >= 0.3 is 0 Å². The summed E-state index contributed by atoms with van der Waals surface area (Å²) in [5, 5.41) is 3.42. The van der Waals surface area contributed by atoms with Crippen molar-refractivity contribution in [2.24, 2.45) is 5.41 Å². The second-order valence-electron chi connectivity index (χ2n) is 3.97. The Labute approximate surface area is 67.7 Å². The van der Waals surface area contributed by atoms with Crippen molar-refractivity contribution >= 4 is 0 Å². The zero-order valence-electron chi connectivity index (χ0n) is 7.26. The average molecular weight is 156 g/mol. The first-order chi connectivity index (χ1) is 5.25. The zero-order valence-corrected chi connectivity index (χ0v) is 7.26. The predicted molar refractivity (Wildman–Crippen MR) is 43.6 cm³/mol. The lowest BCUT2D eigenvalue weighted by atomic mass is 9.80. The normalized spacial score (nSPS) is 34.6. The number of nitrogens with one attached hydrogen (secondary N) is 1. The number of hydrogen-bond acceptors (Lipinski definition) is 3. The predicted octanol–water partition coefficient (Wildman–Crippen LogP) is -0.464. The molecule has 2 heterocycles. The number of rotatable bonds is 1. The minimum atomic E-state index is 0.448. The Morgan fingerprint density at radius 2 is 2.18 bits per heavy atom. The molecule has 2 rings (SSSR count). The van der Waals surface area contributed by atoms with Crippen molar-refractivity contribution in [3.05, 3.63) is 0 Å². The molecule has 11 heavy (non-hydrogen) atoms. The van der Waals surface area contributed by atoms with Gasteiger partial charge in [-0.15, -0.1) is 0 Å². The van der Waals surface area contributed by atoms with Crippen molar-refractivity contribution in [1.29, 1.82) is 0 Å². The Balaban J connectivity index is 2.07. The molecule has 64 valence electrons. The summed E-state index contributed by atoms with van der Waals surface area (Å²) in [5.74, 6) is 0. The first kappa shape index (κ1) is 7.53. The summed E-state index contributed by atoms with van der Waals surface area (Å²) in [6, 6.07) is 0.677. The number of hydrogen-bond donors (Lipinski definition) is 1. The van der Waals surface area contributed by atoms with Crippen molar-refractivity contribution in [2.75, 3.05) is 40.4 Å². The van der Waals surface area contributed by atoms with E-state index < -0.39 is 0 Å². The summed E-state index contributed by atoms with van der Waals surface area (Å²) in [7, 11) is 4.30. The smallest absolute Gasteiger partial charge is 0.0572 e. The van der Waals surface area contributed by atoms with Crippen molar-refractivity contribution in [1.82, 2.24) is 10.2 Å². The van der Waals surface area contributed by atoms with Crippen LogP contribution < -0.4 is 5.32 Å². The minimum Gasteiger partial charge on any atom is -0.380 e. The van der Waals surface area contributed by atoms with Gasteiger partial charge in [0, 0.05) is 24.5 Å². The lowest BCUT2D eigenvalue weighted by Gasteiger charge is -2.44. The molecule has 1 unspecified atom stereocenters. The van der Waals surface area contributed by atoms with Gasteiger partial charge in [-0.05, 0) is 14.1 Å². The van der Waals surface area contributed by atoms with Gasteiger partial charge in [0.2, 0.25) is 0 Å². The summed E-state index contributed by atoms with van der Waals surface area (Å²) < 4.78 is 5.27. The summed E-state index contributed by atoms with van der Waals surface area (Å²) in [6.07, 6.45) is 0. The van der Waals surface area contributed by atoms with Crippen molar-refractivity contribution in [3.63, 3.8) is 0 Å². The monoisotopic (exact) mass is 156 g/mol. The van der Waals surface area contributed by atoms with E-state index in [9.17, 15) is 0 Å². The van der Waals surface area contributed by atoms with Crippen LogP contribution in [0.2, 0.25) is 0 Å². The van der Waals surface area contributed by atoms with Crippen LogP contribution >= 0.6 is 0 Å². The highest BCUT2D eigenvalue weighted by Gasteiger charge is 2.49. The molecular formula is C8H16N2O. The highest BCUT2D eigenvalue weighted by molar-refractivity contribution is 5.03. The van der Waals surface area contributed by atoms with E-state index in [2.05, 4.69) is 24.3 Å². The van der Waals surface area contributed by atoms with Gasteiger partial charge in [0.1, 0.15) is 0 Å². The second kappa shape index (κ2) is 2.44. The van der Waals surface area contributed by atoms with Crippen LogP contribution in [0.15, 0.2) is 0 Å². The van der Waals surface area contributed by atoms with E-state index in [1.54, 1.807) is 0 Å². The average Bonchev–Trinajstić information content (AvgIpc) is 2.27. The maximum atomic E-state index is 5.27. The van der Waals surface area contributed by atoms with Crippen LogP contribution in [0.3, 0.4) is 0 Å². The molecule has 2 aliphatic heterocycles. The van der Waals surface area contributed by atoms with Crippen LogP contribution in [0.4, 0.5) is 0 Å². The first-order valence-electron chi connectivity index (χ1n) is 4.19. The van der Waals surface area contributed by atoms with Crippen LogP contribution in [-0.4, -0.2) is 51.3 Å². The molecule has 3 heteroatoms. The van der Waals surface area contributed by atoms with Crippen molar-refractivity contribution in [2.45, 2.75) is 6.04 Å². The molecule has 1 atom stereocenters. The Morgan fingerprint density at radius 1 is 1.45 bits per heavy atom. The Morgan fingerprint density at radius 3 is 2.55 bits per heavy atom. The van der Waals surface area contributed by atoms with Gasteiger partial charge in [0.15, 0.2) is 0 Å². The number of nitrogens with zero attached hydrogens (tertiary/aromatic N) is 1. The molecule has 0 aromatic carbocycles. The highest BCUT2D eigenvalue weighted by atomic mass is 16.5. The molecule has 1 N–H and O–H groups in total. The molecular weight excluding hydrogens is 140 g/mol. The quantitative estimate of drug-likeness (QED) is 0.556. The minimum absolute atomic E-state index is 0.448. The van der Waals surface area contributed by atoms with Gasteiger partial charge in [-0.3, -0.25) is 0 Å². The lowest BCUT2D eigenvalue weighted by Crippen LogP contribution is -2.55. The Kier molecular flexibility index (Phi) is 1.67. The molecule has 0 amide bonds. The van der Waals surface area contributed by atoms with Crippen LogP contribution in [0.1, 0.15) is 0 Å². The molecule has 1 spiro atoms. The van der Waals surface area contributed by atoms with Gasteiger partial charge < -0.3 is 15.0 Å². The van der Waals surface area contributed by atoms with Gasteiger partial charge in [0.05, 0.1) is 13.2 Å². The van der Waals surface area contributed by atoms with E-state index in [1.807, 2.05) is 0 Å². The maximum Gasteiger partial charge on any atom is 0.0572 e. The molecule has 0 aromatic rings. The second-order valence-corrected chi connectivity index (χ2v) is 3.97. The largest absolute Gasteiger partial charge is 0.380 e. The number of ether oxygens (including phenoxy) is 1. The summed E-state index contributed by atoms with van der Waals surface area (Å²) in [4.78, 5) is 2.31. The fourth-order valence-electron chi connectivity index (χ4n) is 2.18. The van der Waals surface area contributed by atoms with E-state index in [-0.39, 0.29) is 0 Å². The van der Waals surface area contributed by atoms with Gasteiger partial charge in [-0.25, -0.2) is 0 Å². The van der Waals surface area contributed by atoms with Gasteiger partial charge in [0.25, 0.3) is 0 Å². The third-order valence-corrected chi connectivity index (χ3v) is 2.92. The van der Waals surface area contributed by atoms with E-state index in [0.29, 0.717) is 11.5 Å². The van der Waals surface area contributed by atoms with Crippen molar-refractivity contribution < 1.29 is 4.74 Å². The Hall–Kier alpha value is -0.120. The molecule has 2 aliphatic rings. The molecule has 0 radical (unpaired) electrons. The van der Waals surface area contributed by atoms with E-state index >= 15 is 0 Å². The van der Waals surface area contributed by atoms with Crippen LogP contribution in [0, 0.1) is 5.41 Å². The van der Waals surface area contributed by atoms with Crippen LogP contribution in [0.5, 0.6) is 0 Å². The van der Waals surface area contributed by atoms with E-state index in [4.69, 9.17) is 4.74 Å². The molecule has 0 saturated carbocycles. The third-order valence-electron chi connectivity index (χ3n) is 2.92. The summed E-state index contributed by atoms with van der Waals surface area (Å²) in [6.45, 7) is 4.15. The SMILES string of the molecule is CN(C)C1CNCC12COC2. The topological polar surface area (TPSA) is 24.5 Å². The number of likely N-dealkylation sites (N-methyl/N-ethyl adjacent to an activating group) is 1. The van der Waals surface area contributed by atoms with Crippen molar-refractivity contribution in [3.8, 4) is 0 Å². The fraction of sp³-hybridized carbons (Fsp3) is 1.00. The third kappa shape index (κ3) is 0.991. The molecule has 0 aromatic heterocycles. The Bertz CT molecular complexity index is 154. The van der Waals surface area contributed by atoms with E-state index in [0.717, 1.165) is 26.3 Å². The zero-order chi connectivity index (χ0) is 7.90. The standard InChI is InChI=1S/C8H16N2O/c1-10(2)7-3-9-4-8(7)5-11-6-8/h7,9H,3-6H2,1-2H3. The lowest BCUT2D eigenvalue weighted by molar-refractivity contribution is -0.127. The maximum absolute atomic E-state index is 5.27. The molecule has 0 aliphatic carbocycles. The fourth-order valence-corrected chi connectivity index (χ4v) is 2.18. The van der Waals surface area contributed by atoms with E-state index in [1.165, 1.54) is 0 Å². The van der Waals surface area contributed by atoms with Gasteiger partial charge in [-0.2, -0.15) is 0 Å².